The molecule has 0 aliphatic heterocycles. The zero-order valence-corrected chi connectivity index (χ0v) is 12.4. The van der Waals surface area contributed by atoms with Gasteiger partial charge in [-0.2, -0.15) is 0 Å². The molecule has 0 fully saturated rings. The Morgan fingerprint density at radius 3 is 2.81 bits per heavy atom. The number of hydrogen-bond acceptors (Lipinski definition) is 6. The van der Waals surface area contributed by atoms with Gasteiger partial charge < -0.3 is 9.25 Å². The van der Waals surface area contributed by atoms with E-state index in [1.54, 1.807) is 18.2 Å². The van der Waals surface area contributed by atoms with Crippen LogP contribution in [0.1, 0.15) is 12.7 Å². The minimum Gasteiger partial charge on any atom is -0.455 e. The fourth-order valence-corrected chi connectivity index (χ4v) is 2.10. The first-order valence-corrected chi connectivity index (χ1v) is 6.52. The molecule has 0 spiro atoms. The SMILES string of the molecule is CC(=O)O/N=C\c1ccc(-c2ccc([N+](=O)[O-])cc2Br)o1. The van der Waals surface area contributed by atoms with E-state index in [1.807, 2.05) is 0 Å². The number of furan rings is 1. The molecule has 7 nitrogen and oxygen atoms in total. The second-order valence-electron chi connectivity index (χ2n) is 3.94. The Balaban J connectivity index is 2.23. The third-order valence-corrected chi connectivity index (χ3v) is 3.07. The number of non-ortho nitro benzene ring substituents is 1. The Hall–Kier alpha value is -2.48. The summed E-state index contributed by atoms with van der Waals surface area (Å²) in [5.41, 5.74) is 0.640. The van der Waals surface area contributed by atoms with Crippen LogP contribution in [-0.2, 0) is 9.63 Å². The number of nitrogens with zero attached hydrogens (tertiary/aromatic N) is 2. The van der Waals surface area contributed by atoms with E-state index in [4.69, 9.17) is 4.42 Å². The number of oxime groups is 1. The highest BCUT2D eigenvalue weighted by Gasteiger charge is 2.12. The van der Waals surface area contributed by atoms with Crippen LogP contribution in [0.5, 0.6) is 0 Å². The normalized spacial score (nSPS) is 10.8. The predicted molar refractivity (Wildman–Crippen MR) is 77.9 cm³/mol. The zero-order chi connectivity index (χ0) is 15.4. The summed E-state index contributed by atoms with van der Waals surface area (Å²) >= 11 is 3.27. The van der Waals surface area contributed by atoms with Crippen molar-refractivity contribution < 1.29 is 19.0 Å². The van der Waals surface area contributed by atoms with Crippen LogP contribution in [0, 0.1) is 10.1 Å². The smallest absolute Gasteiger partial charge is 0.331 e. The summed E-state index contributed by atoms with van der Waals surface area (Å²) in [4.78, 5) is 25.2. The van der Waals surface area contributed by atoms with E-state index in [0.29, 0.717) is 21.6 Å². The number of hydrogen-bond donors (Lipinski definition) is 0. The van der Waals surface area contributed by atoms with E-state index in [-0.39, 0.29) is 5.69 Å². The van der Waals surface area contributed by atoms with E-state index in [0.717, 1.165) is 0 Å². The Kier molecular flexibility index (Phi) is 4.49. The molecule has 2 aromatic rings. The molecule has 0 saturated heterocycles. The van der Waals surface area contributed by atoms with Crippen molar-refractivity contribution in [1.82, 2.24) is 0 Å². The summed E-state index contributed by atoms with van der Waals surface area (Å²) in [6.45, 7) is 1.24. The zero-order valence-electron chi connectivity index (χ0n) is 10.8. The molecule has 0 amide bonds. The molecule has 0 atom stereocenters. The highest BCUT2D eigenvalue weighted by Crippen LogP contribution is 2.32. The third kappa shape index (κ3) is 3.76. The topological polar surface area (TPSA) is 94.9 Å². The van der Waals surface area contributed by atoms with Gasteiger partial charge in [0, 0.05) is 29.1 Å². The molecule has 108 valence electrons. The summed E-state index contributed by atoms with van der Waals surface area (Å²) in [7, 11) is 0. The first-order valence-electron chi connectivity index (χ1n) is 5.72. The van der Waals surface area contributed by atoms with Gasteiger partial charge in [0.05, 0.1) is 4.92 Å². The first-order chi connectivity index (χ1) is 9.97. The number of nitro benzene ring substituents is 1. The Morgan fingerprint density at radius 2 is 2.19 bits per heavy atom. The number of nitro groups is 1. The summed E-state index contributed by atoms with van der Waals surface area (Å²) in [5, 5.41) is 14.1. The lowest BCUT2D eigenvalue weighted by atomic mass is 10.1. The van der Waals surface area contributed by atoms with Crippen LogP contribution >= 0.6 is 15.9 Å². The van der Waals surface area contributed by atoms with E-state index in [2.05, 4.69) is 25.9 Å². The van der Waals surface area contributed by atoms with Crippen molar-refractivity contribution >= 4 is 33.8 Å². The summed E-state index contributed by atoms with van der Waals surface area (Å²) in [5.74, 6) is 0.355. The van der Waals surface area contributed by atoms with Gasteiger partial charge in [0.2, 0.25) is 0 Å². The molecule has 1 heterocycles. The summed E-state index contributed by atoms with van der Waals surface area (Å²) < 4.78 is 6.03. The van der Waals surface area contributed by atoms with Crippen molar-refractivity contribution in [3.8, 4) is 11.3 Å². The minimum atomic E-state index is -0.531. The van der Waals surface area contributed by atoms with Crippen molar-refractivity contribution in [3.05, 3.63) is 50.7 Å². The fourth-order valence-electron chi connectivity index (χ4n) is 1.54. The monoisotopic (exact) mass is 352 g/mol. The van der Waals surface area contributed by atoms with Gasteiger partial charge >= 0.3 is 5.97 Å². The number of halogens is 1. The molecule has 0 unspecified atom stereocenters. The molecular formula is C13H9BrN2O5. The maximum absolute atomic E-state index is 10.7. The molecule has 0 bridgehead atoms. The molecule has 2 rings (SSSR count). The average Bonchev–Trinajstić information content (AvgIpc) is 2.86. The van der Waals surface area contributed by atoms with Gasteiger partial charge in [-0.3, -0.25) is 10.1 Å². The van der Waals surface area contributed by atoms with Gasteiger partial charge in [-0.1, -0.05) is 5.16 Å². The van der Waals surface area contributed by atoms with Crippen molar-refractivity contribution in [3.63, 3.8) is 0 Å². The van der Waals surface area contributed by atoms with Crippen molar-refractivity contribution in [2.45, 2.75) is 6.92 Å². The molecule has 21 heavy (non-hydrogen) atoms. The molecule has 0 N–H and O–H groups in total. The molecule has 1 aromatic heterocycles. The highest BCUT2D eigenvalue weighted by molar-refractivity contribution is 9.10. The van der Waals surface area contributed by atoms with Crippen LogP contribution < -0.4 is 0 Å². The van der Waals surface area contributed by atoms with Crippen LogP contribution in [0.25, 0.3) is 11.3 Å². The van der Waals surface area contributed by atoms with Crippen LogP contribution in [0.3, 0.4) is 0 Å². The molecule has 0 radical (unpaired) electrons. The summed E-state index contributed by atoms with van der Waals surface area (Å²) in [6, 6.07) is 7.67. The lowest BCUT2D eigenvalue weighted by Crippen LogP contribution is -1.91. The lowest BCUT2D eigenvalue weighted by Gasteiger charge is -2.00. The number of benzene rings is 1. The Morgan fingerprint density at radius 1 is 1.43 bits per heavy atom. The first kappa shape index (κ1) is 14.9. The van der Waals surface area contributed by atoms with Gasteiger partial charge in [0.25, 0.3) is 5.69 Å². The maximum Gasteiger partial charge on any atom is 0.331 e. The average molecular weight is 353 g/mol. The van der Waals surface area contributed by atoms with E-state index in [9.17, 15) is 14.9 Å². The Labute approximate surface area is 127 Å². The largest absolute Gasteiger partial charge is 0.455 e. The number of rotatable bonds is 4. The van der Waals surface area contributed by atoms with Crippen LogP contribution in [-0.4, -0.2) is 17.1 Å². The minimum absolute atomic E-state index is 0.0196. The molecule has 0 aliphatic carbocycles. The van der Waals surface area contributed by atoms with Crippen LogP contribution in [0.4, 0.5) is 5.69 Å². The second kappa shape index (κ2) is 6.31. The standard InChI is InChI=1S/C13H9BrN2O5/c1-8(17)21-15-7-10-3-5-13(20-10)11-4-2-9(16(18)19)6-12(11)14/h2-7H,1H3/b15-7-. The molecule has 1 aromatic carbocycles. The van der Waals surface area contributed by atoms with Crippen LogP contribution in [0.2, 0.25) is 0 Å². The van der Waals surface area contributed by atoms with Crippen molar-refractivity contribution in [1.29, 1.82) is 0 Å². The lowest BCUT2D eigenvalue weighted by molar-refractivity contribution is -0.384. The van der Waals surface area contributed by atoms with Crippen molar-refractivity contribution in [2.24, 2.45) is 5.16 Å². The van der Waals surface area contributed by atoms with Crippen LogP contribution in [0.15, 0.2) is 44.4 Å². The van der Waals surface area contributed by atoms with E-state index < -0.39 is 10.9 Å². The molecule has 0 aliphatic rings. The van der Waals surface area contributed by atoms with Crippen molar-refractivity contribution in [2.75, 3.05) is 0 Å². The fraction of sp³-hybridized carbons (Fsp3) is 0.0769. The van der Waals surface area contributed by atoms with Gasteiger partial charge in [0.15, 0.2) is 0 Å². The quantitative estimate of drug-likeness (QED) is 0.363. The van der Waals surface area contributed by atoms with Gasteiger partial charge in [-0.25, -0.2) is 4.79 Å². The highest BCUT2D eigenvalue weighted by atomic mass is 79.9. The molecular weight excluding hydrogens is 344 g/mol. The second-order valence-corrected chi connectivity index (χ2v) is 4.79. The predicted octanol–water partition coefficient (Wildman–Crippen LogP) is 3.51. The molecule has 0 saturated carbocycles. The van der Waals surface area contributed by atoms with Gasteiger partial charge in [-0.05, 0) is 34.1 Å². The Bertz CT molecular complexity index is 723. The summed E-state index contributed by atoms with van der Waals surface area (Å²) in [6.07, 6.45) is 1.25. The maximum atomic E-state index is 10.7. The number of carbonyl (C=O) groups excluding carboxylic acids is 1. The molecule has 8 heteroatoms. The van der Waals surface area contributed by atoms with Gasteiger partial charge in [-0.15, -0.1) is 0 Å². The van der Waals surface area contributed by atoms with E-state index in [1.165, 1.54) is 25.3 Å². The van der Waals surface area contributed by atoms with E-state index >= 15 is 0 Å². The van der Waals surface area contributed by atoms with Gasteiger partial charge in [0.1, 0.15) is 17.7 Å². The third-order valence-electron chi connectivity index (χ3n) is 2.42. The number of carbonyl (C=O) groups is 1.